The van der Waals surface area contributed by atoms with E-state index in [2.05, 4.69) is 15.1 Å². The van der Waals surface area contributed by atoms with Gasteiger partial charge in [0.1, 0.15) is 0 Å². The topological polar surface area (TPSA) is 78.6 Å². The summed E-state index contributed by atoms with van der Waals surface area (Å²) in [7, 11) is 3.22. The summed E-state index contributed by atoms with van der Waals surface area (Å²) in [5.41, 5.74) is 2.45. The van der Waals surface area contributed by atoms with Crippen molar-refractivity contribution >= 4 is 23.3 Å². The molecule has 1 aliphatic rings. The van der Waals surface area contributed by atoms with Gasteiger partial charge in [-0.15, -0.1) is 5.10 Å². The Morgan fingerprint density at radius 2 is 2.00 bits per heavy atom. The molecule has 4 rings (SSSR count). The van der Waals surface area contributed by atoms with Crippen molar-refractivity contribution in [2.45, 2.75) is 30.8 Å². The van der Waals surface area contributed by atoms with Crippen LogP contribution in [-0.4, -0.2) is 45.3 Å². The Balaban J connectivity index is 1.69. The van der Waals surface area contributed by atoms with Gasteiger partial charge in [0, 0.05) is 12.6 Å². The van der Waals surface area contributed by atoms with E-state index in [1.807, 2.05) is 25.1 Å². The number of aromatic nitrogens is 4. The first-order valence-corrected chi connectivity index (χ1v) is 9.75. The van der Waals surface area contributed by atoms with Crippen LogP contribution in [0.4, 0.5) is 0 Å². The summed E-state index contributed by atoms with van der Waals surface area (Å²) >= 11 is 1.56. The number of carbonyl (C=O) groups excluding carboxylic acids is 1. The molecule has 1 aromatic carbocycles. The van der Waals surface area contributed by atoms with Crippen molar-refractivity contribution in [1.82, 2.24) is 19.6 Å². The number of rotatable bonds is 5. The van der Waals surface area contributed by atoms with Gasteiger partial charge in [-0.05, 0) is 35.8 Å². The molecule has 0 spiro atoms. The number of thioether (sulfide) groups is 1. The number of benzene rings is 1. The minimum absolute atomic E-state index is 0.0483. The van der Waals surface area contributed by atoms with E-state index < -0.39 is 0 Å². The molecule has 0 amide bonds. The van der Waals surface area contributed by atoms with Gasteiger partial charge in [0.2, 0.25) is 5.16 Å². The second-order valence-corrected chi connectivity index (χ2v) is 7.55. The lowest BCUT2D eigenvalue weighted by atomic mass is 9.82. The number of ether oxygens (including phenoxy) is 2. The lowest BCUT2D eigenvalue weighted by Crippen LogP contribution is -2.21. The molecule has 0 unspecified atom stereocenters. The maximum atomic E-state index is 12.8. The average Bonchev–Trinajstić information content (AvgIpc) is 3.07. The van der Waals surface area contributed by atoms with Crippen LogP contribution in [0.1, 0.15) is 40.9 Å². The van der Waals surface area contributed by atoms with Crippen molar-refractivity contribution < 1.29 is 14.3 Å². The fourth-order valence-electron chi connectivity index (χ4n) is 3.40. The molecular weight excluding hydrogens is 364 g/mol. The van der Waals surface area contributed by atoms with E-state index in [-0.39, 0.29) is 11.7 Å². The van der Waals surface area contributed by atoms with E-state index in [1.165, 1.54) is 0 Å². The molecule has 0 aliphatic heterocycles. The monoisotopic (exact) mass is 384 g/mol. The number of methoxy groups -OCH3 is 2. The molecule has 3 aromatic rings. The molecule has 0 radical (unpaired) electrons. The Bertz CT molecular complexity index is 1020. The summed E-state index contributed by atoms with van der Waals surface area (Å²) in [5, 5.41) is 5.06. The third-order valence-corrected chi connectivity index (χ3v) is 5.44. The molecule has 0 fully saturated rings. The quantitative estimate of drug-likeness (QED) is 0.625. The van der Waals surface area contributed by atoms with Crippen LogP contribution in [0.5, 0.6) is 11.5 Å². The largest absolute Gasteiger partial charge is 0.493 e. The Morgan fingerprint density at radius 1 is 1.19 bits per heavy atom. The van der Waals surface area contributed by atoms with Crippen LogP contribution in [0.25, 0.3) is 5.78 Å². The number of nitrogens with zero attached hydrogens (tertiary/aromatic N) is 4. The van der Waals surface area contributed by atoms with Crippen LogP contribution in [0, 0.1) is 0 Å². The summed E-state index contributed by atoms with van der Waals surface area (Å²) in [5.74, 6) is 2.88. The molecular formula is C19H20N4O3S. The number of ketones is 1. The highest BCUT2D eigenvalue weighted by atomic mass is 32.2. The number of hydrogen-bond acceptors (Lipinski definition) is 7. The first kappa shape index (κ1) is 17.8. The molecule has 0 bridgehead atoms. The normalized spacial score (nSPS) is 16.4. The van der Waals surface area contributed by atoms with E-state index >= 15 is 0 Å². The molecule has 0 saturated heterocycles. The number of carbonyl (C=O) groups is 1. The molecule has 1 aliphatic carbocycles. The molecule has 0 saturated carbocycles. The number of fused-ring (bicyclic) bond motifs is 2. The molecule has 27 heavy (non-hydrogen) atoms. The summed E-state index contributed by atoms with van der Waals surface area (Å²) in [6.45, 7) is 2.05. The van der Waals surface area contributed by atoms with E-state index in [0.29, 0.717) is 40.8 Å². The first-order valence-electron chi connectivity index (χ1n) is 8.77. The maximum Gasteiger partial charge on any atom is 0.253 e. The molecule has 140 valence electrons. The van der Waals surface area contributed by atoms with Gasteiger partial charge in [-0.1, -0.05) is 24.8 Å². The van der Waals surface area contributed by atoms with E-state index in [0.717, 1.165) is 17.0 Å². The molecule has 1 atom stereocenters. The van der Waals surface area contributed by atoms with Gasteiger partial charge in [0.25, 0.3) is 5.78 Å². The van der Waals surface area contributed by atoms with Crippen molar-refractivity contribution in [2.75, 3.05) is 20.0 Å². The molecule has 8 heteroatoms. The zero-order chi connectivity index (χ0) is 19.0. The Labute approximate surface area is 161 Å². The van der Waals surface area contributed by atoms with E-state index in [9.17, 15) is 4.79 Å². The van der Waals surface area contributed by atoms with Crippen LogP contribution >= 0.6 is 11.8 Å². The fourth-order valence-corrected chi connectivity index (χ4v) is 3.95. The van der Waals surface area contributed by atoms with Gasteiger partial charge in [0.05, 0.1) is 25.5 Å². The summed E-state index contributed by atoms with van der Waals surface area (Å²) in [4.78, 5) is 21.8. The standard InChI is InChI=1S/C19H20N4O3S/c1-4-27-19-21-18-20-14-7-12(8-15(24)13(14)10-23(18)22-19)11-5-6-16(25-2)17(9-11)26-3/h5-6,9-10,12H,4,7-8H2,1-3H3/t12-/m1/s1. The fraction of sp³-hybridized carbons (Fsp3) is 0.368. The van der Waals surface area contributed by atoms with Gasteiger partial charge in [0.15, 0.2) is 17.3 Å². The SMILES string of the molecule is CCSc1nc2nc3c(cn2n1)C(=O)C[C@H](c1ccc(OC)c(OC)c1)C3. The Morgan fingerprint density at radius 3 is 2.74 bits per heavy atom. The molecule has 2 heterocycles. The summed E-state index contributed by atoms with van der Waals surface area (Å²) in [6.07, 6.45) is 2.87. The number of Topliss-reactive ketones (excluding diaryl/α,β-unsaturated/α-hetero) is 1. The lowest BCUT2D eigenvalue weighted by Gasteiger charge is -2.23. The third kappa shape index (κ3) is 3.25. The predicted octanol–water partition coefficient (Wildman–Crippen LogP) is 3.17. The van der Waals surface area contributed by atoms with Crippen LogP contribution in [0.2, 0.25) is 0 Å². The minimum atomic E-state index is 0.0483. The Kier molecular flexibility index (Phi) is 4.73. The van der Waals surface area contributed by atoms with E-state index in [4.69, 9.17) is 9.47 Å². The van der Waals surface area contributed by atoms with Gasteiger partial charge in [-0.25, -0.2) is 9.50 Å². The van der Waals surface area contributed by atoms with Crippen molar-refractivity contribution in [3.63, 3.8) is 0 Å². The first-order chi connectivity index (χ1) is 13.1. The van der Waals surface area contributed by atoms with Crippen LogP contribution < -0.4 is 9.47 Å². The Hall–Kier alpha value is -2.61. The van der Waals surface area contributed by atoms with Crippen molar-refractivity contribution in [1.29, 1.82) is 0 Å². The minimum Gasteiger partial charge on any atom is -0.493 e. The van der Waals surface area contributed by atoms with Gasteiger partial charge < -0.3 is 9.47 Å². The lowest BCUT2D eigenvalue weighted by molar-refractivity contribution is 0.0962. The van der Waals surface area contributed by atoms with Gasteiger partial charge >= 0.3 is 0 Å². The summed E-state index contributed by atoms with van der Waals surface area (Å²) in [6, 6.07) is 5.79. The summed E-state index contributed by atoms with van der Waals surface area (Å²) < 4.78 is 12.3. The average molecular weight is 384 g/mol. The van der Waals surface area contributed by atoms with E-state index in [1.54, 1.807) is 36.7 Å². The highest BCUT2D eigenvalue weighted by Crippen LogP contribution is 2.36. The van der Waals surface area contributed by atoms with Crippen LogP contribution in [-0.2, 0) is 6.42 Å². The van der Waals surface area contributed by atoms with Gasteiger partial charge in [-0.2, -0.15) is 4.98 Å². The smallest absolute Gasteiger partial charge is 0.253 e. The second kappa shape index (κ2) is 7.19. The van der Waals surface area contributed by atoms with Crippen molar-refractivity contribution in [3.8, 4) is 11.5 Å². The maximum absolute atomic E-state index is 12.8. The molecule has 7 nitrogen and oxygen atoms in total. The van der Waals surface area contributed by atoms with Crippen LogP contribution in [0.15, 0.2) is 29.6 Å². The third-order valence-electron chi connectivity index (χ3n) is 4.72. The predicted molar refractivity (Wildman–Crippen MR) is 102 cm³/mol. The molecule has 2 aromatic heterocycles. The highest BCUT2D eigenvalue weighted by molar-refractivity contribution is 7.99. The zero-order valence-corrected chi connectivity index (χ0v) is 16.2. The number of hydrogen-bond donors (Lipinski definition) is 0. The zero-order valence-electron chi connectivity index (χ0n) is 15.4. The van der Waals surface area contributed by atoms with Gasteiger partial charge in [-0.3, -0.25) is 4.79 Å². The van der Waals surface area contributed by atoms with Crippen molar-refractivity contribution in [2.24, 2.45) is 0 Å². The molecule has 0 N–H and O–H groups in total. The van der Waals surface area contributed by atoms with Crippen molar-refractivity contribution in [3.05, 3.63) is 41.2 Å². The second-order valence-electron chi connectivity index (χ2n) is 6.32. The highest BCUT2D eigenvalue weighted by Gasteiger charge is 2.29. The van der Waals surface area contributed by atoms with Crippen LogP contribution in [0.3, 0.4) is 0 Å².